The highest BCUT2D eigenvalue weighted by Gasteiger charge is 2.14. The third-order valence-corrected chi connectivity index (χ3v) is 2.92. The SMILES string of the molecule is Cc1c(C(=O)NCCCN)cnn1-c1ccccc1. The molecular weight excluding hydrogens is 240 g/mol. The predicted octanol–water partition coefficient (Wildman–Crippen LogP) is 1.26. The summed E-state index contributed by atoms with van der Waals surface area (Å²) >= 11 is 0. The van der Waals surface area contributed by atoms with Crippen molar-refractivity contribution in [2.45, 2.75) is 13.3 Å². The standard InChI is InChI=1S/C14H18N4O/c1-11-13(14(19)16-9-5-8-15)10-17-18(11)12-6-3-2-4-7-12/h2-4,6-7,10H,5,8-9,15H2,1H3,(H,16,19). The number of para-hydroxylation sites is 1. The third-order valence-electron chi connectivity index (χ3n) is 2.92. The number of carbonyl (C=O) groups is 1. The molecule has 0 saturated carbocycles. The summed E-state index contributed by atoms with van der Waals surface area (Å²) in [4.78, 5) is 12.0. The topological polar surface area (TPSA) is 72.9 Å². The molecule has 0 saturated heterocycles. The number of rotatable bonds is 5. The van der Waals surface area contributed by atoms with Crippen LogP contribution >= 0.6 is 0 Å². The van der Waals surface area contributed by atoms with Gasteiger partial charge in [-0.05, 0) is 32.0 Å². The minimum atomic E-state index is -0.104. The van der Waals surface area contributed by atoms with Crippen LogP contribution in [0.4, 0.5) is 0 Å². The van der Waals surface area contributed by atoms with Crippen LogP contribution in [-0.2, 0) is 0 Å². The molecule has 0 fully saturated rings. The lowest BCUT2D eigenvalue weighted by Crippen LogP contribution is -2.26. The van der Waals surface area contributed by atoms with E-state index < -0.39 is 0 Å². The third kappa shape index (κ3) is 3.00. The van der Waals surface area contributed by atoms with Gasteiger partial charge >= 0.3 is 0 Å². The van der Waals surface area contributed by atoms with E-state index in [2.05, 4.69) is 10.4 Å². The molecule has 0 aliphatic carbocycles. The van der Waals surface area contributed by atoms with Gasteiger partial charge in [0.2, 0.25) is 0 Å². The molecular formula is C14H18N4O. The number of benzene rings is 1. The Morgan fingerprint density at radius 2 is 2.11 bits per heavy atom. The Balaban J connectivity index is 2.17. The van der Waals surface area contributed by atoms with Crippen LogP contribution in [0.2, 0.25) is 0 Å². The Morgan fingerprint density at radius 3 is 2.79 bits per heavy atom. The average Bonchev–Trinajstić information content (AvgIpc) is 2.82. The van der Waals surface area contributed by atoms with Gasteiger partial charge in [-0.25, -0.2) is 4.68 Å². The van der Waals surface area contributed by atoms with Gasteiger partial charge < -0.3 is 11.1 Å². The first kappa shape index (κ1) is 13.3. The van der Waals surface area contributed by atoms with E-state index in [9.17, 15) is 4.79 Å². The second-order valence-corrected chi connectivity index (χ2v) is 4.29. The van der Waals surface area contributed by atoms with Crippen LogP contribution < -0.4 is 11.1 Å². The molecule has 19 heavy (non-hydrogen) atoms. The lowest BCUT2D eigenvalue weighted by molar-refractivity contribution is 0.0953. The van der Waals surface area contributed by atoms with E-state index in [1.807, 2.05) is 37.3 Å². The molecule has 0 spiro atoms. The van der Waals surface area contributed by atoms with Crippen molar-refractivity contribution >= 4 is 5.91 Å². The maximum atomic E-state index is 12.0. The van der Waals surface area contributed by atoms with Gasteiger partial charge in [0.15, 0.2) is 0 Å². The number of nitrogens with two attached hydrogens (primary N) is 1. The molecule has 0 aliphatic heterocycles. The molecule has 2 rings (SSSR count). The monoisotopic (exact) mass is 258 g/mol. The van der Waals surface area contributed by atoms with Crippen molar-refractivity contribution in [2.24, 2.45) is 5.73 Å². The summed E-state index contributed by atoms with van der Waals surface area (Å²) in [6.07, 6.45) is 2.37. The Kier molecular flexibility index (Phi) is 4.30. The lowest BCUT2D eigenvalue weighted by atomic mass is 10.2. The van der Waals surface area contributed by atoms with Crippen LogP contribution in [0.3, 0.4) is 0 Å². The first-order valence-corrected chi connectivity index (χ1v) is 6.32. The quantitative estimate of drug-likeness (QED) is 0.793. The van der Waals surface area contributed by atoms with Crippen molar-refractivity contribution in [2.75, 3.05) is 13.1 Å². The largest absolute Gasteiger partial charge is 0.352 e. The minimum Gasteiger partial charge on any atom is -0.352 e. The molecule has 1 aromatic carbocycles. The predicted molar refractivity (Wildman–Crippen MR) is 74.3 cm³/mol. The molecule has 1 aromatic heterocycles. The van der Waals surface area contributed by atoms with E-state index in [-0.39, 0.29) is 5.91 Å². The smallest absolute Gasteiger partial charge is 0.254 e. The van der Waals surface area contributed by atoms with Crippen LogP contribution in [0.1, 0.15) is 22.5 Å². The average molecular weight is 258 g/mol. The summed E-state index contributed by atoms with van der Waals surface area (Å²) in [6.45, 7) is 3.05. The molecule has 0 unspecified atom stereocenters. The molecule has 3 N–H and O–H groups in total. The minimum absolute atomic E-state index is 0.104. The van der Waals surface area contributed by atoms with E-state index in [1.165, 1.54) is 0 Å². The lowest BCUT2D eigenvalue weighted by Gasteiger charge is -2.06. The Bertz CT molecular complexity index is 548. The van der Waals surface area contributed by atoms with Crippen LogP contribution in [0, 0.1) is 6.92 Å². The summed E-state index contributed by atoms with van der Waals surface area (Å²) in [5, 5.41) is 7.10. The molecule has 100 valence electrons. The van der Waals surface area contributed by atoms with Gasteiger partial charge in [-0.2, -0.15) is 5.10 Å². The van der Waals surface area contributed by atoms with Crippen LogP contribution in [0.5, 0.6) is 0 Å². The van der Waals surface area contributed by atoms with Gasteiger partial charge in [-0.1, -0.05) is 18.2 Å². The zero-order chi connectivity index (χ0) is 13.7. The summed E-state index contributed by atoms with van der Waals surface area (Å²) in [5.74, 6) is -0.104. The van der Waals surface area contributed by atoms with Crippen molar-refractivity contribution in [3.63, 3.8) is 0 Å². The molecule has 2 aromatic rings. The van der Waals surface area contributed by atoms with Crippen molar-refractivity contribution in [1.29, 1.82) is 0 Å². The molecule has 5 nitrogen and oxygen atoms in total. The molecule has 0 radical (unpaired) electrons. The highest BCUT2D eigenvalue weighted by molar-refractivity contribution is 5.95. The number of nitrogens with one attached hydrogen (secondary N) is 1. The second kappa shape index (κ2) is 6.15. The Labute approximate surface area is 112 Å². The van der Waals surface area contributed by atoms with Gasteiger partial charge in [0.05, 0.1) is 23.1 Å². The number of hydrogen-bond donors (Lipinski definition) is 2. The van der Waals surface area contributed by atoms with E-state index in [0.29, 0.717) is 18.7 Å². The van der Waals surface area contributed by atoms with Crippen LogP contribution in [0.25, 0.3) is 5.69 Å². The van der Waals surface area contributed by atoms with E-state index in [1.54, 1.807) is 10.9 Å². The van der Waals surface area contributed by atoms with Crippen molar-refractivity contribution in [1.82, 2.24) is 15.1 Å². The van der Waals surface area contributed by atoms with Gasteiger partial charge in [0, 0.05) is 6.54 Å². The highest BCUT2D eigenvalue weighted by atomic mass is 16.1. The number of carbonyl (C=O) groups excluding carboxylic acids is 1. The molecule has 5 heteroatoms. The zero-order valence-corrected chi connectivity index (χ0v) is 11.0. The second-order valence-electron chi connectivity index (χ2n) is 4.29. The fraction of sp³-hybridized carbons (Fsp3) is 0.286. The van der Waals surface area contributed by atoms with E-state index >= 15 is 0 Å². The van der Waals surface area contributed by atoms with Gasteiger partial charge in [-0.3, -0.25) is 4.79 Å². The first-order chi connectivity index (χ1) is 9.24. The normalized spacial score (nSPS) is 10.4. The van der Waals surface area contributed by atoms with Crippen molar-refractivity contribution in [3.05, 3.63) is 47.8 Å². The molecule has 0 atom stereocenters. The van der Waals surface area contributed by atoms with E-state index in [4.69, 9.17) is 5.73 Å². The molecule has 0 bridgehead atoms. The number of aromatic nitrogens is 2. The van der Waals surface area contributed by atoms with Gasteiger partial charge in [-0.15, -0.1) is 0 Å². The fourth-order valence-electron chi connectivity index (χ4n) is 1.86. The van der Waals surface area contributed by atoms with Crippen LogP contribution in [-0.4, -0.2) is 28.8 Å². The Morgan fingerprint density at radius 1 is 1.37 bits per heavy atom. The van der Waals surface area contributed by atoms with Crippen molar-refractivity contribution in [3.8, 4) is 5.69 Å². The number of nitrogens with zero attached hydrogens (tertiary/aromatic N) is 2. The number of hydrogen-bond acceptors (Lipinski definition) is 3. The van der Waals surface area contributed by atoms with Gasteiger partial charge in [0.1, 0.15) is 0 Å². The summed E-state index contributed by atoms with van der Waals surface area (Å²) in [6, 6.07) is 9.74. The molecule has 1 amide bonds. The summed E-state index contributed by atoms with van der Waals surface area (Å²) in [7, 11) is 0. The summed E-state index contributed by atoms with van der Waals surface area (Å²) < 4.78 is 1.76. The van der Waals surface area contributed by atoms with E-state index in [0.717, 1.165) is 17.8 Å². The summed E-state index contributed by atoms with van der Waals surface area (Å²) in [5.41, 5.74) is 7.77. The first-order valence-electron chi connectivity index (χ1n) is 6.32. The highest BCUT2D eigenvalue weighted by Crippen LogP contribution is 2.13. The van der Waals surface area contributed by atoms with Crippen LogP contribution in [0.15, 0.2) is 36.5 Å². The maximum absolute atomic E-state index is 12.0. The molecule has 0 aliphatic rings. The fourth-order valence-corrected chi connectivity index (χ4v) is 1.86. The molecule has 1 heterocycles. The van der Waals surface area contributed by atoms with Crippen molar-refractivity contribution < 1.29 is 4.79 Å². The maximum Gasteiger partial charge on any atom is 0.254 e. The van der Waals surface area contributed by atoms with Gasteiger partial charge in [0.25, 0.3) is 5.91 Å². The number of amides is 1. The zero-order valence-electron chi connectivity index (χ0n) is 11.0. The Hall–Kier alpha value is -2.14.